The number of carboxylic acid groups (broad SMARTS) is 1. The topological polar surface area (TPSA) is 128 Å². The quantitative estimate of drug-likeness (QED) is 0.157. The Labute approximate surface area is 233 Å². The number of allylic oxidation sites excluding steroid dienone is 2. The third-order valence-electron chi connectivity index (χ3n) is 4.76. The van der Waals surface area contributed by atoms with Gasteiger partial charge in [0.1, 0.15) is 10.6 Å². The summed E-state index contributed by atoms with van der Waals surface area (Å²) in [6.45, 7) is 13.7. The van der Waals surface area contributed by atoms with Crippen molar-refractivity contribution in [1.29, 1.82) is 5.41 Å². The van der Waals surface area contributed by atoms with Gasteiger partial charge in [-0.1, -0.05) is 75.2 Å². The molecule has 0 saturated carbocycles. The zero-order valence-corrected chi connectivity index (χ0v) is 24.4. The zero-order chi connectivity index (χ0) is 28.4. The Morgan fingerprint density at radius 2 is 1.95 bits per heavy atom. The second-order valence-corrected chi connectivity index (χ2v) is 9.72. The lowest BCUT2D eigenvalue weighted by Crippen LogP contribution is -2.44. The van der Waals surface area contributed by atoms with Crippen LogP contribution in [-0.4, -0.2) is 51.9 Å². The molecule has 0 aromatic carbocycles. The van der Waals surface area contributed by atoms with Gasteiger partial charge in [0.2, 0.25) is 0 Å². The number of aromatic nitrogens is 2. The Morgan fingerprint density at radius 1 is 1.30 bits per heavy atom. The molecule has 2 heterocycles. The molecule has 206 valence electrons. The fourth-order valence-electron chi connectivity index (χ4n) is 2.94. The Balaban J connectivity index is 0.000000813. The molecule has 0 fully saturated rings. The number of hydrogen-bond acceptors (Lipinski definition) is 6. The lowest BCUT2D eigenvalue weighted by atomic mass is 10.0. The maximum Gasteiger partial charge on any atom is 0.347 e. The van der Waals surface area contributed by atoms with E-state index in [9.17, 15) is 9.59 Å². The van der Waals surface area contributed by atoms with Gasteiger partial charge in [0, 0.05) is 5.69 Å². The van der Waals surface area contributed by atoms with Crippen molar-refractivity contribution in [2.24, 2.45) is 0 Å². The Bertz CT molecular complexity index is 1020. The molecule has 0 bridgehead atoms. The molecule has 0 aliphatic heterocycles. The number of carbonyl (C=O) groups is 2. The largest absolute Gasteiger partial charge is 0.477 e. The molecule has 2 aromatic heterocycles. The summed E-state index contributed by atoms with van der Waals surface area (Å²) in [4.78, 5) is 29.7. The molecule has 0 saturated heterocycles. The van der Waals surface area contributed by atoms with Crippen molar-refractivity contribution in [3.8, 4) is 0 Å². The molecule has 0 aliphatic rings. The van der Waals surface area contributed by atoms with Crippen molar-refractivity contribution in [1.82, 2.24) is 15.3 Å². The smallest absolute Gasteiger partial charge is 0.347 e. The van der Waals surface area contributed by atoms with Crippen molar-refractivity contribution in [2.75, 3.05) is 6.61 Å². The van der Waals surface area contributed by atoms with E-state index in [-0.39, 0.29) is 23.1 Å². The summed E-state index contributed by atoms with van der Waals surface area (Å²) in [6.07, 6.45) is 11.5. The molecule has 0 radical (unpaired) electrons. The molecular formula is C26H38Cl2N4O4S. The van der Waals surface area contributed by atoms with Crippen molar-refractivity contribution in [2.45, 2.75) is 72.4 Å². The van der Waals surface area contributed by atoms with Crippen molar-refractivity contribution >= 4 is 52.6 Å². The predicted octanol–water partition coefficient (Wildman–Crippen LogP) is 7.26. The van der Waals surface area contributed by atoms with E-state index in [0.717, 1.165) is 30.7 Å². The summed E-state index contributed by atoms with van der Waals surface area (Å²) in [5.74, 6) is -1.17. The first-order valence-corrected chi connectivity index (χ1v) is 13.5. The van der Waals surface area contributed by atoms with Crippen LogP contribution in [0.5, 0.6) is 0 Å². The van der Waals surface area contributed by atoms with Gasteiger partial charge in [-0.05, 0) is 39.3 Å². The fraction of sp³-hybridized carbons (Fsp3) is 0.462. The van der Waals surface area contributed by atoms with Crippen LogP contribution in [0.25, 0.3) is 0 Å². The van der Waals surface area contributed by atoms with Crippen LogP contribution in [0.2, 0.25) is 10.0 Å². The summed E-state index contributed by atoms with van der Waals surface area (Å²) < 4.78 is 5.89. The van der Waals surface area contributed by atoms with Gasteiger partial charge >= 0.3 is 5.97 Å². The third kappa shape index (κ3) is 13.1. The minimum absolute atomic E-state index is 0.0753. The summed E-state index contributed by atoms with van der Waals surface area (Å²) in [6, 6.07) is -0.0944. The summed E-state index contributed by atoms with van der Waals surface area (Å²) in [7, 11) is 0. The van der Waals surface area contributed by atoms with Crippen LogP contribution in [0.15, 0.2) is 31.0 Å². The van der Waals surface area contributed by atoms with E-state index in [1.54, 1.807) is 19.9 Å². The summed E-state index contributed by atoms with van der Waals surface area (Å²) in [5.41, 5.74) is 0.971. The highest BCUT2D eigenvalue weighted by atomic mass is 35.5. The van der Waals surface area contributed by atoms with Crippen molar-refractivity contribution < 1.29 is 19.4 Å². The monoisotopic (exact) mass is 572 g/mol. The molecule has 2 atom stereocenters. The number of carbonyl (C=O) groups excluding carboxylic acids is 1. The van der Waals surface area contributed by atoms with E-state index >= 15 is 0 Å². The Kier molecular flexibility index (Phi) is 18.3. The molecule has 0 spiro atoms. The van der Waals surface area contributed by atoms with Gasteiger partial charge < -0.3 is 25.6 Å². The van der Waals surface area contributed by atoms with Gasteiger partial charge in [-0.25, -0.2) is 9.78 Å². The third-order valence-corrected chi connectivity index (χ3v) is 6.61. The average molecular weight is 574 g/mol. The molecule has 0 aliphatic carbocycles. The van der Waals surface area contributed by atoms with E-state index in [2.05, 4.69) is 28.8 Å². The van der Waals surface area contributed by atoms with Crippen LogP contribution in [0.3, 0.4) is 0 Å². The number of aromatic amines is 1. The van der Waals surface area contributed by atoms with Crippen molar-refractivity contribution in [3.05, 3.63) is 62.3 Å². The Hall–Kier alpha value is -2.46. The summed E-state index contributed by atoms with van der Waals surface area (Å²) >= 11 is 13.4. The molecular weight excluding hydrogens is 535 g/mol. The van der Waals surface area contributed by atoms with Gasteiger partial charge in [-0.2, -0.15) is 0 Å². The highest BCUT2D eigenvalue weighted by Gasteiger charge is 2.25. The Morgan fingerprint density at radius 3 is 2.32 bits per heavy atom. The van der Waals surface area contributed by atoms with Gasteiger partial charge in [-0.3, -0.25) is 4.79 Å². The van der Waals surface area contributed by atoms with E-state index in [4.69, 9.17) is 38.5 Å². The fourth-order valence-corrected chi connectivity index (χ4v) is 3.97. The molecule has 37 heavy (non-hydrogen) atoms. The van der Waals surface area contributed by atoms with Crippen LogP contribution >= 0.6 is 34.5 Å². The number of nitrogens with zero attached hydrogens (tertiary/aromatic N) is 1. The van der Waals surface area contributed by atoms with Gasteiger partial charge in [0.25, 0.3) is 5.91 Å². The first-order valence-electron chi connectivity index (χ1n) is 12.0. The number of amides is 1. The van der Waals surface area contributed by atoms with E-state index < -0.39 is 5.97 Å². The average Bonchev–Trinajstić information content (AvgIpc) is 3.43. The number of carboxylic acids is 1. The lowest BCUT2D eigenvalue weighted by molar-refractivity contribution is 0.0366. The van der Waals surface area contributed by atoms with Crippen LogP contribution in [0.1, 0.15) is 77.3 Å². The maximum atomic E-state index is 12.5. The SMILES string of the molecule is C=C/C=C/COC(CC)C(CCC)NC(=O)c1[nH]c(C)c(Cl)c1Cl.CCC=N.Cc1ncc(C(=O)O)s1. The molecule has 1 amide bonds. The predicted molar refractivity (Wildman–Crippen MR) is 154 cm³/mol. The lowest BCUT2D eigenvalue weighted by Gasteiger charge is -2.27. The number of aromatic carboxylic acids is 1. The molecule has 2 unspecified atom stereocenters. The minimum Gasteiger partial charge on any atom is -0.477 e. The maximum absolute atomic E-state index is 12.5. The van der Waals surface area contributed by atoms with E-state index in [0.29, 0.717) is 27.9 Å². The minimum atomic E-state index is -0.902. The number of halogens is 2. The molecule has 4 N–H and O–H groups in total. The molecule has 11 heteroatoms. The number of thiazole rings is 1. The highest BCUT2D eigenvalue weighted by molar-refractivity contribution is 7.13. The van der Waals surface area contributed by atoms with Gasteiger partial charge in [-0.15, -0.1) is 11.3 Å². The molecule has 2 rings (SSSR count). The number of ether oxygens (including phenoxy) is 1. The number of H-pyrrole nitrogens is 1. The molecule has 2 aromatic rings. The highest BCUT2D eigenvalue weighted by Crippen LogP contribution is 2.29. The van der Waals surface area contributed by atoms with E-state index in [1.807, 2.05) is 26.0 Å². The van der Waals surface area contributed by atoms with Crippen LogP contribution in [0.4, 0.5) is 0 Å². The van der Waals surface area contributed by atoms with Crippen LogP contribution < -0.4 is 5.32 Å². The number of rotatable bonds is 12. The van der Waals surface area contributed by atoms with E-state index in [1.165, 1.54) is 23.7 Å². The van der Waals surface area contributed by atoms with Crippen LogP contribution in [-0.2, 0) is 4.74 Å². The first kappa shape index (κ1) is 34.5. The second-order valence-electron chi connectivity index (χ2n) is 7.73. The normalized spacial score (nSPS) is 12.0. The number of hydrogen-bond donors (Lipinski definition) is 4. The standard InChI is InChI=1S/C18H26Cl2N2O2.C5H5NO2S.C3H7N/c1-5-8-9-11-24-14(7-3)13(10-6-2)22-18(23)17-16(20)15(19)12(4)21-17;1-3-6-2-4(9-3)5(7)8;1-2-3-4/h5,8-9,13-14,21H,1,6-7,10-11H2,2-4H3,(H,22,23);2H,1H3,(H,7,8);3-4H,2H2,1H3/b9-8+;;. The summed E-state index contributed by atoms with van der Waals surface area (Å²) in [5, 5.41) is 19.1. The number of aryl methyl sites for hydroxylation is 2. The first-order chi connectivity index (χ1) is 17.6. The van der Waals surface area contributed by atoms with Gasteiger partial charge in [0.15, 0.2) is 0 Å². The van der Waals surface area contributed by atoms with Crippen LogP contribution in [0, 0.1) is 19.3 Å². The van der Waals surface area contributed by atoms with Gasteiger partial charge in [0.05, 0.1) is 40.0 Å². The number of nitrogens with one attached hydrogen (secondary N) is 3. The zero-order valence-electron chi connectivity index (χ0n) is 22.1. The second kappa shape index (κ2) is 19.6. The van der Waals surface area contributed by atoms with Crippen molar-refractivity contribution in [3.63, 3.8) is 0 Å². The molecule has 8 nitrogen and oxygen atoms in total.